The van der Waals surface area contributed by atoms with Gasteiger partial charge < -0.3 is 29.4 Å². The maximum absolute atomic E-state index is 11.6. The molecule has 0 unspecified atom stereocenters. The van der Waals surface area contributed by atoms with E-state index in [9.17, 15) is 4.79 Å². The highest BCUT2D eigenvalue weighted by atomic mass is 127. The van der Waals surface area contributed by atoms with E-state index >= 15 is 0 Å². The molecule has 32 heavy (non-hydrogen) atoms. The Hall–Kier alpha value is -1.49. The van der Waals surface area contributed by atoms with Gasteiger partial charge in [-0.25, -0.2) is 4.79 Å². The van der Waals surface area contributed by atoms with Crippen molar-refractivity contribution in [3.8, 4) is 0 Å². The monoisotopic (exact) mass is 564 g/mol. The molecule has 1 aromatic rings. The van der Waals surface area contributed by atoms with Gasteiger partial charge in [-0.3, -0.25) is 4.99 Å². The number of nitrogens with one attached hydrogen (secondary N) is 2. The minimum atomic E-state index is -0.471. The Balaban J connectivity index is 0.00000512. The number of hydrogen-bond acceptors (Lipinski definition) is 5. The Bertz CT molecular complexity index is 653. The average Bonchev–Trinajstić information content (AvgIpc) is 3.23. The van der Waals surface area contributed by atoms with Gasteiger partial charge in [-0.05, 0) is 58.6 Å². The molecule has 8 nitrogen and oxygen atoms in total. The molecule has 0 spiro atoms. The second kappa shape index (κ2) is 15.4. The van der Waals surface area contributed by atoms with Crippen LogP contribution in [0.4, 0.5) is 4.79 Å². The summed E-state index contributed by atoms with van der Waals surface area (Å²) >= 11 is 0. The van der Waals surface area contributed by atoms with Gasteiger partial charge in [0.2, 0.25) is 0 Å². The van der Waals surface area contributed by atoms with Crippen molar-refractivity contribution < 1.29 is 18.7 Å². The maximum Gasteiger partial charge on any atom is 0.407 e. The summed E-state index contributed by atoms with van der Waals surface area (Å²) in [6.45, 7) is 12.4. The first-order chi connectivity index (χ1) is 14.9. The summed E-state index contributed by atoms with van der Waals surface area (Å²) < 4.78 is 16.6. The van der Waals surface area contributed by atoms with E-state index < -0.39 is 5.60 Å². The number of alkyl carbamates (subject to hydrolysis) is 1. The van der Waals surface area contributed by atoms with Crippen molar-refractivity contribution >= 4 is 36.0 Å². The van der Waals surface area contributed by atoms with E-state index in [-0.39, 0.29) is 36.2 Å². The van der Waals surface area contributed by atoms with Crippen LogP contribution in [0, 0.1) is 0 Å². The van der Waals surface area contributed by atoms with Gasteiger partial charge in [0.1, 0.15) is 11.4 Å². The standard InChI is InChI=1S/C23H40N4O4.HI/c1-5-12-24-21(25-14-9-19-8-6-17-29-19)27-15-10-20(11-16-27)30-18-7-13-26-22(28)31-23(2,3)4;/h6,8,17,20H,5,7,9-16,18H2,1-4H3,(H,24,25)(H,26,28);1H. The third-order valence-electron chi connectivity index (χ3n) is 4.80. The molecule has 1 fully saturated rings. The number of carbonyl (C=O) groups is 1. The van der Waals surface area contributed by atoms with E-state index in [1.54, 1.807) is 6.26 Å². The van der Waals surface area contributed by atoms with Crippen LogP contribution in [0.3, 0.4) is 0 Å². The van der Waals surface area contributed by atoms with Crippen molar-refractivity contribution in [2.75, 3.05) is 39.3 Å². The lowest BCUT2D eigenvalue weighted by Crippen LogP contribution is -2.47. The summed E-state index contributed by atoms with van der Waals surface area (Å²) in [7, 11) is 0. The molecule has 184 valence electrons. The molecule has 2 N–H and O–H groups in total. The van der Waals surface area contributed by atoms with E-state index in [0.717, 1.165) is 70.0 Å². The normalized spacial score (nSPS) is 15.2. The number of guanidine groups is 1. The maximum atomic E-state index is 11.6. The predicted molar refractivity (Wildman–Crippen MR) is 138 cm³/mol. The largest absolute Gasteiger partial charge is 0.469 e. The zero-order valence-corrected chi connectivity index (χ0v) is 22.4. The van der Waals surface area contributed by atoms with Gasteiger partial charge in [0, 0.05) is 45.8 Å². The summed E-state index contributed by atoms with van der Waals surface area (Å²) in [5, 5.41) is 6.25. The second-order valence-electron chi connectivity index (χ2n) is 8.80. The van der Waals surface area contributed by atoms with Gasteiger partial charge in [0.05, 0.1) is 12.4 Å². The number of ether oxygens (including phenoxy) is 2. The van der Waals surface area contributed by atoms with Gasteiger partial charge in [0.15, 0.2) is 5.96 Å². The number of likely N-dealkylation sites (tertiary alicyclic amines) is 1. The second-order valence-corrected chi connectivity index (χ2v) is 8.80. The summed E-state index contributed by atoms with van der Waals surface area (Å²) in [6, 6.07) is 3.91. The highest BCUT2D eigenvalue weighted by molar-refractivity contribution is 14.0. The fourth-order valence-electron chi connectivity index (χ4n) is 3.30. The van der Waals surface area contributed by atoms with Crippen LogP contribution in [0.15, 0.2) is 27.8 Å². The Morgan fingerprint density at radius 3 is 2.62 bits per heavy atom. The smallest absolute Gasteiger partial charge is 0.407 e. The SMILES string of the molecule is CCCN=C(NCCc1ccco1)N1CCC(OCCCNC(=O)OC(C)(C)C)CC1.I. The first kappa shape index (κ1) is 28.5. The predicted octanol–water partition coefficient (Wildman–Crippen LogP) is 4.19. The lowest BCUT2D eigenvalue weighted by Gasteiger charge is -2.34. The highest BCUT2D eigenvalue weighted by Crippen LogP contribution is 2.14. The molecular formula is C23H41IN4O4. The zero-order valence-electron chi connectivity index (χ0n) is 20.0. The number of piperidine rings is 1. The highest BCUT2D eigenvalue weighted by Gasteiger charge is 2.22. The summed E-state index contributed by atoms with van der Waals surface area (Å²) in [6.07, 6.45) is 6.19. The molecule has 2 heterocycles. The fourth-order valence-corrected chi connectivity index (χ4v) is 3.30. The quantitative estimate of drug-likeness (QED) is 0.192. The van der Waals surface area contributed by atoms with E-state index in [1.165, 1.54) is 0 Å². The van der Waals surface area contributed by atoms with Crippen LogP contribution < -0.4 is 10.6 Å². The van der Waals surface area contributed by atoms with Gasteiger partial charge in [0.25, 0.3) is 0 Å². The molecule has 1 aromatic heterocycles. The summed E-state index contributed by atoms with van der Waals surface area (Å²) in [5.41, 5.74) is -0.471. The van der Waals surface area contributed by atoms with Crippen molar-refractivity contribution in [3.05, 3.63) is 24.2 Å². The molecular weight excluding hydrogens is 523 g/mol. The van der Waals surface area contributed by atoms with Gasteiger partial charge >= 0.3 is 6.09 Å². The molecule has 1 aliphatic rings. The molecule has 0 aliphatic carbocycles. The van der Waals surface area contributed by atoms with Crippen LogP contribution >= 0.6 is 24.0 Å². The first-order valence-corrected chi connectivity index (χ1v) is 11.5. The number of rotatable bonds is 10. The fraction of sp³-hybridized carbons (Fsp3) is 0.739. The van der Waals surface area contributed by atoms with Crippen molar-refractivity contribution in [2.45, 2.75) is 71.5 Å². The first-order valence-electron chi connectivity index (χ1n) is 11.5. The van der Waals surface area contributed by atoms with Gasteiger partial charge in [-0.1, -0.05) is 6.92 Å². The van der Waals surface area contributed by atoms with Crippen LogP contribution in [0.5, 0.6) is 0 Å². The molecule has 0 radical (unpaired) electrons. The van der Waals surface area contributed by atoms with Crippen LogP contribution in [-0.2, 0) is 15.9 Å². The van der Waals surface area contributed by atoms with E-state index in [1.807, 2.05) is 32.9 Å². The van der Waals surface area contributed by atoms with Crippen LogP contribution in [0.2, 0.25) is 0 Å². The number of halogens is 1. The number of hydrogen-bond donors (Lipinski definition) is 2. The summed E-state index contributed by atoms with van der Waals surface area (Å²) in [5.74, 6) is 1.96. The molecule has 0 saturated carbocycles. The van der Waals surface area contributed by atoms with Crippen LogP contribution in [-0.4, -0.2) is 68.0 Å². The van der Waals surface area contributed by atoms with Gasteiger partial charge in [-0.15, -0.1) is 24.0 Å². The Labute approximate surface area is 209 Å². The molecule has 0 aromatic carbocycles. The third kappa shape index (κ3) is 11.9. The molecule has 1 aliphatic heterocycles. The number of furan rings is 1. The Morgan fingerprint density at radius 2 is 2.00 bits per heavy atom. The molecule has 0 atom stereocenters. The lowest BCUT2D eigenvalue weighted by atomic mass is 10.1. The molecule has 1 saturated heterocycles. The average molecular weight is 565 g/mol. The molecule has 9 heteroatoms. The third-order valence-corrected chi connectivity index (χ3v) is 4.80. The molecule has 1 amide bonds. The van der Waals surface area contributed by atoms with Crippen molar-refractivity contribution in [3.63, 3.8) is 0 Å². The van der Waals surface area contributed by atoms with Crippen molar-refractivity contribution in [1.82, 2.24) is 15.5 Å². The van der Waals surface area contributed by atoms with E-state index in [0.29, 0.717) is 13.2 Å². The van der Waals surface area contributed by atoms with E-state index in [2.05, 4.69) is 22.5 Å². The topological polar surface area (TPSA) is 88.3 Å². The number of carbonyl (C=O) groups excluding carboxylic acids is 1. The van der Waals surface area contributed by atoms with Crippen molar-refractivity contribution in [1.29, 1.82) is 0 Å². The van der Waals surface area contributed by atoms with E-state index in [4.69, 9.17) is 18.9 Å². The lowest BCUT2D eigenvalue weighted by molar-refractivity contribution is 0.0170. The molecule has 0 bridgehead atoms. The Morgan fingerprint density at radius 1 is 1.25 bits per heavy atom. The Kier molecular flexibility index (Phi) is 13.7. The zero-order chi connectivity index (χ0) is 22.5. The van der Waals surface area contributed by atoms with Crippen LogP contribution in [0.25, 0.3) is 0 Å². The van der Waals surface area contributed by atoms with Crippen LogP contribution in [0.1, 0.15) is 59.1 Å². The summed E-state index contributed by atoms with van der Waals surface area (Å²) in [4.78, 5) is 18.7. The van der Waals surface area contributed by atoms with Gasteiger partial charge in [-0.2, -0.15) is 0 Å². The minimum Gasteiger partial charge on any atom is -0.469 e. The molecule has 2 rings (SSSR count). The number of amides is 1. The van der Waals surface area contributed by atoms with Crippen molar-refractivity contribution in [2.24, 2.45) is 4.99 Å². The number of aliphatic imine (C=N–C) groups is 1. The minimum absolute atomic E-state index is 0. The number of nitrogens with zero attached hydrogens (tertiary/aromatic N) is 2.